The number of nitrogens with one attached hydrogen (secondary N) is 1. The zero-order valence-electron chi connectivity index (χ0n) is 14.0. The van der Waals surface area contributed by atoms with Crippen molar-refractivity contribution < 1.29 is 0 Å². The smallest absolute Gasteiger partial charge is 0.110 e. The average Bonchev–Trinajstić information content (AvgIpc) is 2.86. The van der Waals surface area contributed by atoms with Gasteiger partial charge in [-0.15, -0.1) is 11.3 Å². The fraction of sp³-hybridized carbons (Fsp3) is 0.824. The average molecular weight is 297 g/mol. The van der Waals surface area contributed by atoms with Crippen LogP contribution in [-0.4, -0.2) is 11.5 Å². The third-order valence-corrected chi connectivity index (χ3v) is 4.59. The standard InChI is InChI=1S/C17H32N2S/c1-6-8-9-10-11-12-14(18-7-2)16-19-15(13-20-16)17(3,4)5/h13-14,18H,6-12H2,1-5H3. The molecule has 3 heteroatoms. The van der Waals surface area contributed by atoms with Gasteiger partial charge in [0.2, 0.25) is 0 Å². The van der Waals surface area contributed by atoms with Crippen molar-refractivity contribution in [2.24, 2.45) is 0 Å². The summed E-state index contributed by atoms with van der Waals surface area (Å²) < 4.78 is 0. The lowest BCUT2D eigenvalue weighted by molar-refractivity contribution is 0.473. The van der Waals surface area contributed by atoms with Crippen molar-refractivity contribution in [2.75, 3.05) is 6.54 Å². The maximum absolute atomic E-state index is 4.87. The van der Waals surface area contributed by atoms with Crippen molar-refractivity contribution in [3.63, 3.8) is 0 Å². The minimum absolute atomic E-state index is 0.159. The summed E-state index contributed by atoms with van der Waals surface area (Å²) in [5.74, 6) is 0. The molecule has 1 aromatic rings. The molecule has 0 amide bonds. The van der Waals surface area contributed by atoms with Crippen molar-refractivity contribution in [3.8, 4) is 0 Å². The molecule has 0 fully saturated rings. The van der Waals surface area contributed by atoms with Gasteiger partial charge in [-0.25, -0.2) is 4.98 Å². The normalized spacial score (nSPS) is 13.7. The summed E-state index contributed by atoms with van der Waals surface area (Å²) >= 11 is 1.82. The lowest BCUT2D eigenvalue weighted by Gasteiger charge is -2.17. The van der Waals surface area contributed by atoms with Crippen LogP contribution < -0.4 is 5.32 Å². The molecule has 0 bridgehead atoms. The van der Waals surface area contributed by atoms with Crippen LogP contribution in [0.5, 0.6) is 0 Å². The summed E-state index contributed by atoms with van der Waals surface area (Å²) in [6.07, 6.45) is 7.94. The fourth-order valence-corrected chi connectivity index (χ4v) is 3.46. The van der Waals surface area contributed by atoms with E-state index in [1.54, 1.807) is 0 Å². The first kappa shape index (κ1) is 17.6. The number of unbranched alkanes of at least 4 members (excludes halogenated alkanes) is 4. The first-order valence-corrected chi connectivity index (χ1v) is 9.06. The molecular formula is C17H32N2S. The monoisotopic (exact) mass is 296 g/mol. The molecule has 116 valence electrons. The van der Waals surface area contributed by atoms with Gasteiger partial charge in [0, 0.05) is 10.8 Å². The van der Waals surface area contributed by atoms with Gasteiger partial charge in [-0.3, -0.25) is 0 Å². The van der Waals surface area contributed by atoms with Crippen LogP contribution in [0.15, 0.2) is 5.38 Å². The maximum Gasteiger partial charge on any atom is 0.110 e. The van der Waals surface area contributed by atoms with Crippen molar-refractivity contribution >= 4 is 11.3 Å². The summed E-state index contributed by atoms with van der Waals surface area (Å²) in [6, 6.07) is 0.447. The van der Waals surface area contributed by atoms with Gasteiger partial charge in [-0.2, -0.15) is 0 Å². The van der Waals surface area contributed by atoms with Gasteiger partial charge in [0.1, 0.15) is 5.01 Å². The van der Waals surface area contributed by atoms with Crippen LogP contribution in [0.3, 0.4) is 0 Å². The molecule has 1 N–H and O–H groups in total. The Bertz CT molecular complexity index is 365. The van der Waals surface area contributed by atoms with Gasteiger partial charge in [0.25, 0.3) is 0 Å². The topological polar surface area (TPSA) is 24.9 Å². The number of hydrogen-bond donors (Lipinski definition) is 1. The Morgan fingerprint density at radius 1 is 1.15 bits per heavy atom. The molecule has 0 aliphatic carbocycles. The van der Waals surface area contributed by atoms with Crippen molar-refractivity contribution in [1.29, 1.82) is 0 Å². The summed E-state index contributed by atoms with van der Waals surface area (Å²) in [7, 11) is 0. The summed E-state index contributed by atoms with van der Waals surface area (Å²) in [6.45, 7) is 12.2. The largest absolute Gasteiger partial charge is 0.308 e. The van der Waals surface area contributed by atoms with E-state index in [0.29, 0.717) is 6.04 Å². The Balaban J connectivity index is 2.54. The van der Waals surface area contributed by atoms with Crippen LogP contribution in [-0.2, 0) is 5.41 Å². The molecule has 0 saturated heterocycles. The quantitative estimate of drug-likeness (QED) is 0.613. The third-order valence-electron chi connectivity index (χ3n) is 3.64. The van der Waals surface area contributed by atoms with E-state index in [9.17, 15) is 0 Å². The summed E-state index contributed by atoms with van der Waals surface area (Å²) in [5.41, 5.74) is 1.39. The van der Waals surface area contributed by atoms with Crippen LogP contribution in [0, 0.1) is 0 Å². The van der Waals surface area contributed by atoms with Crippen molar-refractivity contribution in [2.45, 2.75) is 84.6 Å². The van der Waals surface area contributed by atoms with Crippen LogP contribution in [0.1, 0.15) is 89.9 Å². The highest BCUT2D eigenvalue weighted by atomic mass is 32.1. The Hall–Kier alpha value is -0.410. The molecule has 0 aliphatic heterocycles. The molecule has 0 radical (unpaired) electrons. The lowest BCUT2D eigenvalue weighted by Crippen LogP contribution is -2.21. The van der Waals surface area contributed by atoms with Crippen molar-refractivity contribution in [3.05, 3.63) is 16.1 Å². The minimum atomic E-state index is 0.159. The van der Waals surface area contributed by atoms with Crippen molar-refractivity contribution in [1.82, 2.24) is 10.3 Å². The number of nitrogens with zero attached hydrogens (tertiary/aromatic N) is 1. The Morgan fingerprint density at radius 2 is 1.85 bits per heavy atom. The zero-order valence-corrected chi connectivity index (χ0v) is 14.8. The number of rotatable bonds is 9. The second-order valence-electron chi connectivity index (χ2n) is 6.63. The second-order valence-corrected chi connectivity index (χ2v) is 7.52. The van der Waals surface area contributed by atoms with E-state index >= 15 is 0 Å². The highest BCUT2D eigenvalue weighted by Crippen LogP contribution is 2.29. The van der Waals surface area contributed by atoms with E-state index in [1.165, 1.54) is 49.2 Å². The first-order chi connectivity index (χ1) is 9.49. The molecule has 2 nitrogen and oxygen atoms in total. The molecular weight excluding hydrogens is 264 g/mol. The maximum atomic E-state index is 4.87. The second kappa shape index (κ2) is 8.78. The third kappa shape index (κ3) is 5.92. The van der Waals surface area contributed by atoms with E-state index < -0.39 is 0 Å². The van der Waals surface area contributed by atoms with E-state index in [2.05, 4.69) is 45.3 Å². The first-order valence-electron chi connectivity index (χ1n) is 8.18. The van der Waals surface area contributed by atoms with Gasteiger partial charge in [0.15, 0.2) is 0 Å². The van der Waals surface area contributed by atoms with E-state index in [0.717, 1.165) is 6.54 Å². The molecule has 0 spiro atoms. The highest BCUT2D eigenvalue weighted by molar-refractivity contribution is 7.09. The highest BCUT2D eigenvalue weighted by Gasteiger charge is 2.20. The van der Waals surface area contributed by atoms with Crippen LogP contribution in [0.2, 0.25) is 0 Å². The van der Waals surface area contributed by atoms with E-state index in [1.807, 2.05) is 11.3 Å². The molecule has 0 aliphatic rings. The van der Waals surface area contributed by atoms with Crippen LogP contribution in [0.4, 0.5) is 0 Å². The van der Waals surface area contributed by atoms with E-state index in [4.69, 9.17) is 4.98 Å². The lowest BCUT2D eigenvalue weighted by atomic mass is 9.93. The molecule has 1 unspecified atom stereocenters. The molecule has 1 rings (SSSR count). The number of aromatic nitrogens is 1. The van der Waals surface area contributed by atoms with Gasteiger partial charge >= 0.3 is 0 Å². The SMILES string of the molecule is CCCCCCCC(NCC)c1nc(C(C)(C)C)cs1. The summed E-state index contributed by atoms with van der Waals surface area (Å²) in [5, 5.41) is 7.11. The zero-order chi connectivity index (χ0) is 15.0. The van der Waals surface area contributed by atoms with Crippen LogP contribution >= 0.6 is 11.3 Å². The van der Waals surface area contributed by atoms with Gasteiger partial charge in [0.05, 0.1) is 11.7 Å². The minimum Gasteiger partial charge on any atom is -0.308 e. The van der Waals surface area contributed by atoms with Gasteiger partial charge in [-0.1, -0.05) is 66.7 Å². The predicted molar refractivity (Wildman–Crippen MR) is 90.6 cm³/mol. The number of hydrogen-bond acceptors (Lipinski definition) is 3. The Kier molecular flexibility index (Phi) is 7.75. The number of thiazole rings is 1. The molecule has 1 aromatic heterocycles. The van der Waals surface area contributed by atoms with E-state index in [-0.39, 0.29) is 5.41 Å². The van der Waals surface area contributed by atoms with Crippen LogP contribution in [0.25, 0.3) is 0 Å². The molecule has 20 heavy (non-hydrogen) atoms. The predicted octanol–water partition coefficient (Wildman–Crippen LogP) is 5.45. The molecule has 0 saturated carbocycles. The Labute approximate surface area is 129 Å². The fourth-order valence-electron chi connectivity index (χ4n) is 2.30. The van der Waals surface area contributed by atoms with Gasteiger partial charge < -0.3 is 5.32 Å². The summed E-state index contributed by atoms with van der Waals surface area (Å²) in [4.78, 5) is 4.87. The molecule has 1 atom stereocenters. The van der Waals surface area contributed by atoms with Gasteiger partial charge in [-0.05, 0) is 13.0 Å². The Morgan fingerprint density at radius 3 is 2.40 bits per heavy atom. The molecule has 0 aromatic carbocycles. The molecule has 1 heterocycles.